The Labute approximate surface area is 229 Å². The number of rotatable bonds is 6. The second kappa shape index (κ2) is 10.3. The first-order valence-electron chi connectivity index (χ1n) is 12.8. The van der Waals surface area contributed by atoms with Crippen LogP contribution in [0.2, 0.25) is 0 Å². The molecule has 39 heavy (non-hydrogen) atoms. The Morgan fingerprint density at radius 2 is 2.08 bits per heavy atom. The second-order valence-corrected chi connectivity index (χ2v) is 11.1. The molecule has 204 valence electrons. The Kier molecular flexibility index (Phi) is 6.79. The number of aromatic nitrogens is 2. The molecule has 1 aromatic heterocycles. The fraction of sp³-hybridized carbons (Fsp3) is 0.407. The highest BCUT2D eigenvalue weighted by molar-refractivity contribution is 8.00. The fourth-order valence-corrected chi connectivity index (χ4v) is 6.19. The average molecular weight is 552 g/mol. The maximum Gasteiger partial charge on any atom is 0.414 e. The molecule has 3 aromatic rings. The van der Waals surface area contributed by atoms with Gasteiger partial charge in [0.05, 0.1) is 47.9 Å². The molecule has 0 bridgehead atoms. The van der Waals surface area contributed by atoms with Gasteiger partial charge in [0.2, 0.25) is 11.8 Å². The molecule has 0 aliphatic carbocycles. The van der Waals surface area contributed by atoms with Crippen LogP contribution in [0, 0.1) is 0 Å². The van der Waals surface area contributed by atoms with E-state index in [1.807, 2.05) is 12.1 Å². The molecule has 2 atom stereocenters. The van der Waals surface area contributed by atoms with Crippen molar-refractivity contribution in [2.75, 3.05) is 49.3 Å². The molecule has 12 heteroatoms. The van der Waals surface area contributed by atoms with Crippen molar-refractivity contribution in [1.82, 2.24) is 14.9 Å². The Balaban J connectivity index is 1.09. The third kappa shape index (κ3) is 5.00. The van der Waals surface area contributed by atoms with Gasteiger partial charge in [-0.1, -0.05) is 12.1 Å². The standard InChI is InChI=1S/C27H29N5O6S/c1-37-23-12-28-19-4-2-3-18(24(19)30-23)25(34)27(36)7-9-31(10-8-27)13-17-14-32(26(35)38-17)16-5-6-21-20(11-16)29-22(33)15-39-21/h2-6,11-12,17,25,34,36H,7-10,13-15H2,1H3,(H,29,33)/t17-,25-/m1/s1. The summed E-state index contributed by atoms with van der Waals surface area (Å²) in [4.78, 5) is 37.9. The number of cyclic esters (lactones) is 1. The van der Waals surface area contributed by atoms with Crippen LogP contribution in [0.5, 0.6) is 5.88 Å². The van der Waals surface area contributed by atoms with Crippen LogP contribution in [0.3, 0.4) is 0 Å². The molecular weight excluding hydrogens is 522 g/mol. The number of carbonyl (C=O) groups is 2. The van der Waals surface area contributed by atoms with E-state index in [1.54, 1.807) is 29.2 Å². The second-order valence-electron chi connectivity index (χ2n) is 10.1. The summed E-state index contributed by atoms with van der Waals surface area (Å²) in [6, 6.07) is 10.9. The number of aliphatic hydroxyl groups is 2. The minimum Gasteiger partial charge on any atom is -0.480 e. The largest absolute Gasteiger partial charge is 0.480 e. The number of anilines is 2. The van der Waals surface area contributed by atoms with Crippen LogP contribution >= 0.6 is 11.8 Å². The van der Waals surface area contributed by atoms with E-state index in [0.717, 1.165) is 4.90 Å². The lowest BCUT2D eigenvalue weighted by Crippen LogP contribution is -2.50. The monoisotopic (exact) mass is 551 g/mol. The number of aliphatic hydroxyl groups excluding tert-OH is 1. The summed E-state index contributed by atoms with van der Waals surface area (Å²) in [5.41, 5.74) is 1.67. The molecular formula is C27H29N5O6S. The molecule has 3 aliphatic heterocycles. The number of amides is 2. The summed E-state index contributed by atoms with van der Waals surface area (Å²) < 4.78 is 10.8. The third-order valence-electron chi connectivity index (χ3n) is 7.56. The van der Waals surface area contributed by atoms with E-state index >= 15 is 0 Å². The Morgan fingerprint density at radius 1 is 1.26 bits per heavy atom. The fourth-order valence-electron chi connectivity index (χ4n) is 5.40. The zero-order valence-electron chi connectivity index (χ0n) is 21.4. The molecule has 2 saturated heterocycles. The van der Waals surface area contributed by atoms with Crippen LogP contribution in [0.1, 0.15) is 24.5 Å². The summed E-state index contributed by atoms with van der Waals surface area (Å²) in [6.07, 6.45) is 0.293. The number of benzene rings is 2. The molecule has 3 aliphatic rings. The molecule has 11 nitrogen and oxygen atoms in total. The minimum absolute atomic E-state index is 0.0604. The van der Waals surface area contributed by atoms with Crippen molar-refractivity contribution in [1.29, 1.82) is 0 Å². The van der Waals surface area contributed by atoms with E-state index in [-0.39, 0.29) is 12.0 Å². The van der Waals surface area contributed by atoms with Gasteiger partial charge < -0.3 is 25.0 Å². The van der Waals surface area contributed by atoms with Crippen molar-refractivity contribution in [3.05, 3.63) is 48.2 Å². The SMILES string of the molecule is COc1cnc2cccc([C@@H](O)C3(O)CCN(C[C@@H]4CN(c5ccc6c(c5)NC(=O)CS6)C(=O)O4)CC3)c2n1. The van der Waals surface area contributed by atoms with Crippen LogP contribution in [-0.2, 0) is 9.53 Å². The van der Waals surface area contributed by atoms with Crippen LogP contribution in [0.25, 0.3) is 11.0 Å². The third-order valence-corrected chi connectivity index (χ3v) is 8.63. The van der Waals surface area contributed by atoms with Crippen molar-refractivity contribution < 1.29 is 29.3 Å². The molecule has 0 unspecified atom stereocenters. The van der Waals surface area contributed by atoms with Crippen LogP contribution < -0.4 is 15.0 Å². The Morgan fingerprint density at radius 3 is 2.87 bits per heavy atom. The molecule has 2 aromatic carbocycles. The van der Waals surface area contributed by atoms with Gasteiger partial charge in [0.1, 0.15) is 12.2 Å². The highest BCUT2D eigenvalue weighted by Gasteiger charge is 2.42. The van der Waals surface area contributed by atoms with Crippen LogP contribution in [0.4, 0.5) is 16.2 Å². The summed E-state index contributed by atoms with van der Waals surface area (Å²) in [6.45, 7) is 1.97. The first-order chi connectivity index (χ1) is 18.8. The van der Waals surface area contributed by atoms with E-state index < -0.39 is 17.8 Å². The number of nitrogens with one attached hydrogen (secondary N) is 1. The highest BCUT2D eigenvalue weighted by Crippen LogP contribution is 2.38. The van der Waals surface area contributed by atoms with Crippen molar-refractivity contribution in [2.24, 2.45) is 0 Å². The number of methoxy groups -OCH3 is 1. The minimum atomic E-state index is -1.33. The number of hydrogen-bond donors (Lipinski definition) is 3. The summed E-state index contributed by atoms with van der Waals surface area (Å²) in [5, 5.41) is 25.5. The number of piperidine rings is 1. The Hall–Kier alpha value is -3.45. The molecule has 3 N–H and O–H groups in total. The molecule has 6 rings (SSSR count). The smallest absolute Gasteiger partial charge is 0.414 e. The van der Waals surface area contributed by atoms with Gasteiger partial charge in [0.15, 0.2) is 0 Å². The van der Waals surface area contributed by atoms with Crippen molar-refractivity contribution in [2.45, 2.75) is 35.5 Å². The number of hydrogen-bond acceptors (Lipinski definition) is 10. The maximum atomic E-state index is 12.7. The van der Waals surface area contributed by atoms with Crippen LogP contribution in [0.15, 0.2) is 47.5 Å². The van der Waals surface area contributed by atoms with E-state index in [2.05, 4.69) is 20.2 Å². The first kappa shape index (κ1) is 25.8. The molecule has 2 amide bonds. The van der Waals surface area contributed by atoms with E-state index in [0.29, 0.717) is 78.6 Å². The van der Waals surface area contributed by atoms with Crippen molar-refractivity contribution in [3.63, 3.8) is 0 Å². The van der Waals surface area contributed by atoms with Gasteiger partial charge in [-0.15, -0.1) is 11.8 Å². The zero-order chi connectivity index (χ0) is 27.1. The van der Waals surface area contributed by atoms with Gasteiger partial charge in [0, 0.05) is 35.8 Å². The lowest BCUT2D eigenvalue weighted by atomic mass is 9.82. The average Bonchev–Trinajstić information content (AvgIpc) is 3.32. The molecule has 0 saturated carbocycles. The molecule has 0 spiro atoms. The van der Waals surface area contributed by atoms with E-state index in [4.69, 9.17) is 9.47 Å². The number of nitrogens with zero attached hydrogens (tertiary/aromatic N) is 4. The van der Waals surface area contributed by atoms with Gasteiger partial charge in [-0.25, -0.2) is 14.8 Å². The predicted molar refractivity (Wildman–Crippen MR) is 145 cm³/mol. The van der Waals surface area contributed by atoms with Crippen molar-refractivity contribution >= 4 is 46.2 Å². The molecule has 2 fully saturated rings. The Bertz CT molecular complexity index is 1430. The first-order valence-corrected chi connectivity index (χ1v) is 13.8. The normalized spacial score (nSPS) is 21.8. The van der Waals surface area contributed by atoms with Gasteiger partial charge in [-0.05, 0) is 37.1 Å². The quantitative estimate of drug-likeness (QED) is 0.419. The highest BCUT2D eigenvalue weighted by atomic mass is 32.2. The lowest BCUT2D eigenvalue weighted by Gasteiger charge is -2.41. The summed E-state index contributed by atoms with van der Waals surface area (Å²) in [5.74, 6) is 0.658. The number of ether oxygens (including phenoxy) is 2. The maximum absolute atomic E-state index is 12.7. The molecule has 0 radical (unpaired) electrons. The number of thioether (sulfide) groups is 1. The van der Waals surface area contributed by atoms with E-state index in [9.17, 15) is 19.8 Å². The van der Waals surface area contributed by atoms with Gasteiger partial charge in [0.25, 0.3) is 0 Å². The lowest BCUT2D eigenvalue weighted by molar-refractivity contribution is -0.113. The summed E-state index contributed by atoms with van der Waals surface area (Å²) >= 11 is 1.47. The predicted octanol–water partition coefficient (Wildman–Crippen LogP) is 2.57. The number of fused-ring (bicyclic) bond motifs is 2. The number of para-hydroxylation sites is 1. The topological polar surface area (TPSA) is 137 Å². The number of carbonyl (C=O) groups excluding carboxylic acids is 2. The van der Waals surface area contributed by atoms with E-state index in [1.165, 1.54) is 25.1 Å². The summed E-state index contributed by atoms with van der Waals surface area (Å²) in [7, 11) is 1.50. The van der Waals surface area contributed by atoms with Gasteiger partial charge in [-0.2, -0.15) is 0 Å². The van der Waals surface area contributed by atoms with Crippen molar-refractivity contribution in [3.8, 4) is 5.88 Å². The zero-order valence-corrected chi connectivity index (χ0v) is 22.2. The van der Waals surface area contributed by atoms with Crippen LogP contribution in [-0.4, -0.2) is 87.8 Å². The van der Waals surface area contributed by atoms with Gasteiger partial charge >= 0.3 is 6.09 Å². The van der Waals surface area contributed by atoms with Gasteiger partial charge in [-0.3, -0.25) is 14.6 Å². The molecule has 4 heterocycles. The number of likely N-dealkylation sites (tertiary alicyclic amines) is 1.